The van der Waals surface area contributed by atoms with Crippen molar-refractivity contribution in [2.24, 2.45) is 11.1 Å². The molecule has 0 aliphatic carbocycles. The summed E-state index contributed by atoms with van der Waals surface area (Å²) in [6.07, 6.45) is 0.00535. The molecule has 2 aliphatic rings. The van der Waals surface area contributed by atoms with E-state index in [4.69, 9.17) is 13.7 Å². The van der Waals surface area contributed by atoms with Crippen LogP contribution < -0.4 is 10.4 Å². The largest absolute Gasteiger partial charge is 0.407 e. The Hall–Kier alpha value is -1.95. The Kier molecular flexibility index (Phi) is 4.00. The predicted octanol–water partition coefficient (Wildman–Crippen LogP) is 2.07. The Balaban J connectivity index is 1.83. The Bertz CT molecular complexity index is 695. The summed E-state index contributed by atoms with van der Waals surface area (Å²) in [7, 11) is -2.78. The molecule has 0 radical (unpaired) electrons. The molecule has 0 saturated carbocycles. The fourth-order valence-corrected chi connectivity index (χ4v) is 6.94. The molecular formula is C19H21NO3Si. The van der Waals surface area contributed by atoms with Crippen molar-refractivity contribution in [1.82, 2.24) is 0 Å². The molecule has 0 amide bonds. The van der Waals surface area contributed by atoms with E-state index < -0.39 is 8.56 Å². The summed E-state index contributed by atoms with van der Waals surface area (Å²) in [6, 6.07) is 20.6. The van der Waals surface area contributed by atoms with Gasteiger partial charge >= 0.3 is 8.56 Å². The van der Waals surface area contributed by atoms with Crippen LogP contribution in [0.5, 0.6) is 0 Å². The molecule has 3 atom stereocenters. The van der Waals surface area contributed by atoms with Gasteiger partial charge in [-0.3, -0.25) is 0 Å². The van der Waals surface area contributed by atoms with Crippen molar-refractivity contribution >= 4 is 24.6 Å². The van der Waals surface area contributed by atoms with E-state index in [0.29, 0.717) is 6.61 Å². The van der Waals surface area contributed by atoms with Crippen molar-refractivity contribution in [2.75, 3.05) is 6.61 Å². The van der Waals surface area contributed by atoms with Crippen LogP contribution in [0.15, 0.2) is 65.8 Å². The zero-order chi connectivity index (χ0) is 16.6. The van der Waals surface area contributed by atoms with Crippen LogP contribution in [-0.4, -0.2) is 33.1 Å². The molecule has 0 N–H and O–H groups in total. The van der Waals surface area contributed by atoms with E-state index in [0.717, 1.165) is 16.1 Å². The fraction of sp³-hybridized carbons (Fsp3) is 0.316. The van der Waals surface area contributed by atoms with E-state index in [1.54, 1.807) is 0 Å². The quantitative estimate of drug-likeness (QED) is 0.787. The fourth-order valence-electron chi connectivity index (χ4n) is 3.65. The monoisotopic (exact) mass is 339 g/mol. The van der Waals surface area contributed by atoms with Crippen molar-refractivity contribution in [1.29, 1.82) is 0 Å². The van der Waals surface area contributed by atoms with Gasteiger partial charge in [0.2, 0.25) is 0 Å². The van der Waals surface area contributed by atoms with Crippen LogP contribution in [0.1, 0.15) is 13.8 Å². The number of rotatable bonds is 2. The van der Waals surface area contributed by atoms with Gasteiger partial charge in [0.05, 0.1) is 24.3 Å². The highest BCUT2D eigenvalue weighted by molar-refractivity contribution is 6.92. The van der Waals surface area contributed by atoms with Crippen molar-refractivity contribution < 1.29 is 13.7 Å². The van der Waals surface area contributed by atoms with E-state index in [1.807, 2.05) is 43.3 Å². The summed E-state index contributed by atoms with van der Waals surface area (Å²) in [6.45, 7) is 4.60. The highest BCUT2D eigenvalue weighted by Crippen LogP contribution is 2.29. The van der Waals surface area contributed by atoms with Crippen molar-refractivity contribution in [2.45, 2.75) is 26.1 Å². The van der Waals surface area contributed by atoms with Crippen LogP contribution in [0.25, 0.3) is 0 Å². The van der Waals surface area contributed by atoms with E-state index >= 15 is 0 Å². The molecule has 5 heteroatoms. The lowest BCUT2D eigenvalue weighted by Crippen LogP contribution is -2.64. The second-order valence-corrected chi connectivity index (χ2v) is 9.29. The summed E-state index contributed by atoms with van der Waals surface area (Å²) in [5, 5.41) is 6.48. The number of hydrogen-bond acceptors (Lipinski definition) is 4. The van der Waals surface area contributed by atoms with Gasteiger partial charge in [0.1, 0.15) is 6.10 Å². The SMILES string of the molecule is C[C@@H]1O[Si](c2ccccc2)(c2ccccc2)OCC2=NO[C@H](C)[C@H]21. The van der Waals surface area contributed by atoms with Crippen molar-refractivity contribution in [3.63, 3.8) is 0 Å². The van der Waals surface area contributed by atoms with E-state index in [-0.39, 0.29) is 18.1 Å². The molecule has 1 saturated heterocycles. The topological polar surface area (TPSA) is 40.0 Å². The molecule has 0 aromatic heterocycles. The summed E-state index contributed by atoms with van der Waals surface area (Å²) < 4.78 is 13.2. The number of oxime groups is 1. The Morgan fingerprint density at radius 3 is 2.04 bits per heavy atom. The molecule has 2 aromatic carbocycles. The summed E-state index contributed by atoms with van der Waals surface area (Å²) >= 11 is 0. The van der Waals surface area contributed by atoms with Gasteiger partial charge in [0, 0.05) is 0 Å². The summed E-state index contributed by atoms with van der Waals surface area (Å²) in [5.74, 6) is 0.145. The Morgan fingerprint density at radius 1 is 0.875 bits per heavy atom. The molecule has 4 rings (SSSR count). The van der Waals surface area contributed by atoms with Gasteiger partial charge in [0.15, 0.2) is 0 Å². The van der Waals surface area contributed by atoms with E-state index in [2.05, 4.69) is 36.3 Å². The molecule has 0 bridgehead atoms. The third-order valence-corrected chi connectivity index (χ3v) is 8.26. The summed E-state index contributed by atoms with van der Waals surface area (Å²) in [5.41, 5.74) is 0.955. The second kappa shape index (κ2) is 6.16. The molecule has 0 spiro atoms. The van der Waals surface area contributed by atoms with Crippen LogP contribution in [-0.2, 0) is 13.7 Å². The lowest BCUT2D eigenvalue weighted by Gasteiger charge is -2.32. The molecule has 1 fully saturated rings. The third-order valence-electron chi connectivity index (χ3n) is 4.82. The highest BCUT2D eigenvalue weighted by atomic mass is 28.4. The molecule has 2 heterocycles. The molecule has 2 aliphatic heterocycles. The Labute approximate surface area is 143 Å². The predicted molar refractivity (Wildman–Crippen MR) is 95.9 cm³/mol. The lowest BCUT2D eigenvalue weighted by molar-refractivity contribution is 0.0351. The maximum atomic E-state index is 6.71. The molecular weight excluding hydrogens is 318 g/mol. The first-order valence-corrected chi connectivity index (χ1v) is 10.2. The number of fused-ring (bicyclic) bond motifs is 1. The first-order valence-electron chi connectivity index (χ1n) is 8.36. The zero-order valence-corrected chi connectivity index (χ0v) is 14.9. The average molecular weight is 339 g/mol. The molecule has 2 aromatic rings. The van der Waals surface area contributed by atoms with Crippen molar-refractivity contribution in [3.05, 3.63) is 60.7 Å². The van der Waals surface area contributed by atoms with Crippen LogP contribution in [0.4, 0.5) is 0 Å². The van der Waals surface area contributed by atoms with Crippen LogP contribution in [0.2, 0.25) is 0 Å². The maximum absolute atomic E-state index is 6.71. The van der Waals surface area contributed by atoms with Crippen LogP contribution >= 0.6 is 0 Å². The minimum atomic E-state index is -2.78. The Morgan fingerprint density at radius 2 is 1.46 bits per heavy atom. The first kappa shape index (κ1) is 15.6. The van der Waals surface area contributed by atoms with Crippen LogP contribution in [0, 0.1) is 5.92 Å². The van der Waals surface area contributed by atoms with Gasteiger partial charge in [-0.05, 0) is 24.2 Å². The minimum Gasteiger partial charge on any atom is -0.392 e. The molecule has 124 valence electrons. The second-order valence-electron chi connectivity index (χ2n) is 6.38. The van der Waals surface area contributed by atoms with Gasteiger partial charge < -0.3 is 13.7 Å². The zero-order valence-electron chi connectivity index (χ0n) is 13.9. The normalized spacial score (nSPS) is 28.4. The maximum Gasteiger partial charge on any atom is 0.407 e. The van der Waals surface area contributed by atoms with Gasteiger partial charge in [-0.15, -0.1) is 0 Å². The van der Waals surface area contributed by atoms with Gasteiger partial charge in [-0.25, -0.2) is 0 Å². The summed E-state index contributed by atoms with van der Waals surface area (Å²) in [4.78, 5) is 5.45. The van der Waals surface area contributed by atoms with Gasteiger partial charge in [0.25, 0.3) is 0 Å². The third kappa shape index (κ3) is 2.49. The smallest absolute Gasteiger partial charge is 0.392 e. The highest BCUT2D eigenvalue weighted by Gasteiger charge is 2.51. The van der Waals surface area contributed by atoms with Crippen molar-refractivity contribution in [3.8, 4) is 0 Å². The lowest BCUT2D eigenvalue weighted by atomic mass is 9.94. The van der Waals surface area contributed by atoms with Gasteiger partial charge in [-0.1, -0.05) is 65.8 Å². The first-order chi connectivity index (χ1) is 11.7. The molecule has 4 nitrogen and oxygen atoms in total. The van der Waals surface area contributed by atoms with Gasteiger partial charge in [-0.2, -0.15) is 0 Å². The number of hydrogen-bond donors (Lipinski definition) is 0. The minimum absolute atomic E-state index is 0.0178. The average Bonchev–Trinajstić information content (AvgIpc) is 2.93. The van der Waals surface area contributed by atoms with E-state index in [9.17, 15) is 0 Å². The molecule has 0 unspecified atom stereocenters. The van der Waals surface area contributed by atoms with E-state index in [1.165, 1.54) is 0 Å². The molecule has 24 heavy (non-hydrogen) atoms. The number of benzene rings is 2. The number of nitrogens with zero attached hydrogens (tertiary/aromatic N) is 1. The standard InChI is InChI=1S/C19H21NO3Si/c1-14-19-15(2)23-24(16-9-5-3-6-10-16,17-11-7-4-8-12-17)21-13-18(19)20-22-14/h3-12,14-15,19H,13H2,1-2H3/t14-,15+,19+/m1/s1. The van der Waals surface area contributed by atoms with Crippen LogP contribution in [0.3, 0.4) is 0 Å².